The summed E-state index contributed by atoms with van der Waals surface area (Å²) >= 11 is 3.22. The van der Waals surface area contributed by atoms with Crippen LogP contribution in [0.1, 0.15) is 36.6 Å². The van der Waals surface area contributed by atoms with Crippen molar-refractivity contribution in [3.63, 3.8) is 0 Å². The van der Waals surface area contributed by atoms with E-state index < -0.39 is 0 Å². The summed E-state index contributed by atoms with van der Waals surface area (Å²) in [6.45, 7) is 3.30. The SMILES string of the molecule is CCOC(=O)N1CCc2c(sc(NC(=O)C3CCC3)c2-c2nc3ccccc3s2)C1. The van der Waals surface area contributed by atoms with Crippen LogP contribution in [-0.2, 0) is 22.5 Å². The van der Waals surface area contributed by atoms with Gasteiger partial charge in [-0.05, 0) is 43.9 Å². The minimum absolute atomic E-state index is 0.101. The fourth-order valence-corrected chi connectivity index (χ4v) is 6.33. The minimum Gasteiger partial charge on any atom is -0.450 e. The zero-order valence-corrected chi connectivity index (χ0v) is 18.4. The standard InChI is InChI=1S/C22H23N3O3S2/c1-2-28-22(27)25-11-10-14-17(12-25)30-21(24-19(26)13-6-5-7-13)18(14)20-23-15-8-3-4-9-16(15)29-20/h3-4,8-9,13H,2,5-7,10-12H2,1H3,(H,24,26). The van der Waals surface area contributed by atoms with Crippen LogP contribution in [0.5, 0.6) is 0 Å². The Morgan fingerprint density at radius 1 is 1.27 bits per heavy atom. The highest BCUT2D eigenvalue weighted by atomic mass is 32.1. The Bertz CT molecular complexity index is 1080. The minimum atomic E-state index is -0.279. The number of fused-ring (bicyclic) bond motifs is 2. The second-order valence-corrected chi connectivity index (χ2v) is 9.82. The number of benzene rings is 1. The van der Waals surface area contributed by atoms with Crippen LogP contribution in [0.25, 0.3) is 20.8 Å². The Balaban J connectivity index is 1.53. The molecule has 8 heteroatoms. The molecule has 0 saturated heterocycles. The number of carbonyl (C=O) groups excluding carboxylic acids is 2. The molecule has 1 N–H and O–H groups in total. The quantitative estimate of drug-likeness (QED) is 0.598. The average molecular weight is 442 g/mol. The summed E-state index contributed by atoms with van der Waals surface area (Å²) in [4.78, 5) is 32.6. The smallest absolute Gasteiger partial charge is 0.410 e. The summed E-state index contributed by atoms with van der Waals surface area (Å²) in [5.74, 6) is 0.216. The number of aromatic nitrogens is 1. The van der Waals surface area contributed by atoms with Gasteiger partial charge in [-0.3, -0.25) is 4.79 Å². The van der Waals surface area contributed by atoms with E-state index in [2.05, 4.69) is 11.4 Å². The van der Waals surface area contributed by atoms with Crippen LogP contribution in [0.3, 0.4) is 0 Å². The van der Waals surface area contributed by atoms with Gasteiger partial charge < -0.3 is 15.0 Å². The summed E-state index contributed by atoms with van der Waals surface area (Å²) in [7, 11) is 0. The van der Waals surface area contributed by atoms with Gasteiger partial charge in [0.25, 0.3) is 0 Å². The molecular formula is C22H23N3O3S2. The number of anilines is 1. The Labute approximate surface area is 182 Å². The lowest BCUT2D eigenvalue weighted by Crippen LogP contribution is -2.35. The number of hydrogen-bond donors (Lipinski definition) is 1. The molecule has 1 aliphatic carbocycles. The lowest BCUT2D eigenvalue weighted by atomic mass is 9.85. The Kier molecular flexibility index (Phi) is 5.20. The van der Waals surface area contributed by atoms with Crippen LogP contribution < -0.4 is 5.32 Å². The summed E-state index contributed by atoms with van der Waals surface area (Å²) in [5.41, 5.74) is 3.20. The summed E-state index contributed by atoms with van der Waals surface area (Å²) in [6.07, 6.45) is 3.50. The number of thiophene rings is 1. The highest BCUT2D eigenvalue weighted by molar-refractivity contribution is 7.22. The van der Waals surface area contributed by atoms with E-state index in [-0.39, 0.29) is 17.9 Å². The van der Waals surface area contributed by atoms with Gasteiger partial charge in [0.2, 0.25) is 5.91 Å². The Morgan fingerprint density at radius 2 is 2.10 bits per heavy atom. The zero-order valence-electron chi connectivity index (χ0n) is 16.8. The highest BCUT2D eigenvalue weighted by Gasteiger charge is 2.32. The van der Waals surface area contributed by atoms with Crippen molar-refractivity contribution >= 4 is 49.9 Å². The zero-order chi connectivity index (χ0) is 20.7. The normalized spacial score (nSPS) is 16.2. The van der Waals surface area contributed by atoms with E-state index in [1.165, 1.54) is 5.56 Å². The maximum absolute atomic E-state index is 12.7. The molecule has 0 bridgehead atoms. The lowest BCUT2D eigenvalue weighted by Gasteiger charge is -2.26. The molecule has 6 nitrogen and oxygen atoms in total. The third-order valence-electron chi connectivity index (χ3n) is 5.80. The molecule has 3 aromatic rings. The topological polar surface area (TPSA) is 71.5 Å². The number of hydrogen-bond acceptors (Lipinski definition) is 6. The maximum Gasteiger partial charge on any atom is 0.410 e. The van der Waals surface area contributed by atoms with Crippen molar-refractivity contribution < 1.29 is 14.3 Å². The number of nitrogens with zero attached hydrogens (tertiary/aromatic N) is 2. The second-order valence-electron chi connectivity index (χ2n) is 7.68. The maximum atomic E-state index is 12.7. The van der Waals surface area contributed by atoms with Crippen molar-refractivity contribution in [2.75, 3.05) is 18.5 Å². The van der Waals surface area contributed by atoms with Crippen molar-refractivity contribution in [1.29, 1.82) is 0 Å². The molecule has 156 valence electrons. The number of ether oxygens (including phenoxy) is 1. The van der Waals surface area contributed by atoms with Gasteiger partial charge in [0, 0.05) is 22.9 Å². The van der Waals surface area contributed by atoms with Crippen LogP contribution >= 0.6 is 22.7 Å². The van der Waals surface area contributed by atoms with Crippen LogP contribution in [-0.4, -0.2) is 35.0 Å². The molecule has 1 saturated carbocycles. The number of nitrogens with one attached hydrogen (secondary N) is 1. The first-order valence-corrected chi connectivity index (χ1v) is 12.0. The molecule has 0 radical (unpaired) electrons. The fraction of sp³-hybridized carbons (Fsp3) is 0.409. The third kappa shape index (κ3) is 3.48. The van der Waals surface area contributed by atoms with E-state index in [4.69, 9.17) is 9.72 Å². The van der Waals surface area contributed by atoms with E-state index in [0.717, 1.165) is 56.3 Å². The van der Waals surface area contributed by atoms with Crippen LogP contribution in [0.2, 0.25) is 0 Å². The van der Waals surface area contributed by atoms with E-state index >= 15 is 0 Å². The summed E-state index contributed by atoms with van der Waals surface area (Å²) in [5, 5.41) is 4.99. The lowest BCUT2D eigenvalue weighted by molar-refractivity contribution is -0.122. The van der Waals surface area contributed by atoms with Gasteiger partial charge in [0.15, 0.2) is 0 Å². The van der Waals surface area contributed by atoms with Crippen molar-refractivity contribution in [3.8, 4) is 10.6 Å². The van der Waals surface area contributed by atoms with Gasteiger partial charge in [-0.25, -0.2) is 9.78 Å². The third-order valence-corrected chi connectivity index (χ3v) is 7.99. The molecule has 2 amide bonds. The van der Waals surface area contributed by atoms with Gasteiger partial charge in [-0.15, -0.1) is 22.7 Å². The molecular weight excluding hydrogens is 418 g/mol. The second kappa shape index (κ2) is 8.00. The molecule has 5 rings (SSSR count). The van der Waals surface area contributed by atoms with Crippen LogP contribution in [0, 0.1) is 5.92 Å². The summed E-state index contributed by atoms with van der Waals surface area (Å²) < 4.78 is 6.32. The number of carbonyl (C=O) groups is 2. The van der Waals surface area contributed by atoms with Crippen molar-refractivity contribution in [3.05, 3.63) is 34.7 Å². The molecule has 3 heterocycles. The first kappa shape index (κ1) is 19.5. The van der Waals surface area contributed by atoms with E-state index in [1.54, 1.807) is 27.6 Å². The molecule has 0 spiro atoms. The fourth-order valence-electron chi connectivity index (χ4n) is 3.95. The first-order chi connectivity index (χ1) is 14.6. The number of thiazole rings is 1. The van der Waals surface area contributed by atoms with Crippen molar-refractivity contribution in [2.24, 2.45) is 5.92 Å². The Hall–Kier alpha value is -2.45. The average Bonchev–Trinajstić information content (AvgIpc) is 3.26. The Morgan fingerprint density at radius 3 is 2.83 bits per heavy atom. The predicted molar refractivity (Wildman–Crippen MR) is 120 cm³/mol. The number of amides is 2. The summed E-state index contributed by atoms with van der Waals surface area (Å²) in [6, 6.07) is 8.10. The molecule has 0 unspecified atom stereocenters. The van der Waals surface area contributed by atoms with Gasteiger partial charge >= 0.3 is 6.09 Å². The van der Waals surface area contributed by atoms with Crippen molar-refractivity contribution in [1.82, 2.24) is 9.88 Å². The van der Waals surface area contributed by atoms with Gasteiger partial charge in [0.05, 0.1) is 23.4 Å². The molecule has 2 aromatic heterocycles. The van der Waals surface area contributed by atoms with Crippen LogP contribution in [0.15, 0.2) is 24.3 Å². The molecule has 0 atom stereocenters. The number of rotatable bonds is 4. The molecule has 30 heavy (non-hydrogen) atoms. The number of para-hydroxylation sites is 1. The predicted octanol–water partition coefficient (Wildman–Crippen LogP) is 5.28. The van der Waals surface area contributed by atoms with E-state index in [0.29, 0.717) is 19.7 Å². The molecule has 1 aromatic carbocycles. The van der Waals surface area contributed by atoms with E-state index in [9.17, 15) is 9.59 Å². The van der Waals surface area contributed by atoms with Crippen LogP contribution in [0.4, 0.5) is 9.80 Å². The monoisotopic (exact) mass is 441 g/mol. The van der Waals surface area contributed by atoms with Gasteiger partial charge in [-0.1, -0.05) is 18.6 Å². The van der Waals surface area contributed by atoms with Gasteiger partial charge in [0.1, 0.15) is 10.0 Å². The molecule has 2 aliphatic rings. The first-order valence-electron chi connectivity index (χ1n) is 10.4. The van der Waals surface area contributed by atoms with Crippen molar-refractivity contribution in [2.45, 2.75) is 39.2 Å². The largest absolute Gasteiger partial charge is 0.450 e. The van der Waals surface area contributed by atoms with E-state index in [1.807, 2.05) is 25.1 Å². The molecule has 1 aliphatic heterocycles. The highest BCUT2D eigenvalue weighted by Crippen LogP contribution is 2.46. The van der Waals surface area contributed by atoms with Gasteiger partial charge in [-0.2, -0.15) is 0 Å². The molecule has 1 fully saturated rings.